The molecule has 0 unspecified atom stereocenters. The summed E-state index contributed by atoms with van der Waals surface area (Å²) in [6.07, 6.45) is 0. The van der Waals surface area contributed by atoms with Crippen LogP contribution in [-0.2, 0) is 17.1 Å². The molecule has 0 saturated heterocycles. The predicted octanol–water partition coefficient (Wildman–Crippen LogP) is 3.61. The molecular formula is C20H25N3O3S. The number of hydrogen-bond acceptors (Lipinski definition) is 4. The van der Waals surface area contributed by atoms with Gasteiger partial charge >= 0.3 is 0 Å². The van der Waals surface area contributed by atoms with Crippen molar-refractivity contribution < 1.29 is 13.2 Å². The molecule has 0 aliphatic carbocycles. The van der Waals surface area contributed by atoms with Crippen LogP contribution in [0.2, 0.25) is 0 Å². The number of ether oxygens (including phenoxy) is 1. The zero-order chi connectivity index (χ0) is 19.8. The molecule has 0 atom stereocenters. The van der Waals surface area contributed by atoms with Gasteiger partial charge in [0.15, 0.2) is 0 Å². The molecule has 6 nitrogen and oxygen atoms in total. The monoisotopic (exact) mass is 387 g/mol. The number of fused-ring (bicyclic) bond motifs is 1. The van der Waals surface area contributed by atoms with Crippen molar-refractivity contribution in [1.82, 2.24) is 4.57 Å². The van der Waals surface area contributed by atoms with Crippen molar-refractivity contribution >= 4 is 32.3 Å². The van der Waals surface area contributed by atoms with E-state index in [1.807, 2.05) is 48.9 Å². The summed E-state index contributed by atoms with van der Waals surface area (Å²) in [5.41, 5.74) is 10.5. The Hall–Kier alpha value is -2.67. The Kier molecular flexibility index (Phi) is 5.06. The molecule has 7 heteroatoms. The standard InChI is InChI=1S/C20H25N3O3S/c1-5-26-16-11-12-17-18(13-16)22(3)20(19(17)21)14-7-9-15(10-8-14)23(4)27(24,25)6-2/h7-13H,5-6,21H2,1-4H3. The SMILES string of the molecule is CCOc1ccc2c(N)c(-c3ccc(N(C)S(=O)(=O)CC)cc3)n(C)c2c1. The number of hydrogen-bond donors (Lipinski definition) is 1. The molecule has 0 radical (unpaired) electrons. The Balaban J connectivity index is 2.05. The van der Waals surface area contributed by atoms with Crippen molar-refractivity contribution in [1.29, 1.82) is 0 Å². The van der Waals surface area contributed by atoms with Gasteiger partial charge in [-0.05, 0) is 38.1 Å². The van der Waals surface area contributed by atoms with Crippen LogP contribution in [0.5, 0.6) is 5.75 Å². The van der Waals surface area contributed by atoms with E-state index in [0.717, 1.165) is 27.9 Å². The molecular weight excluding hydrogens is 362 g/mol. The van der Waals surface area contributed by atoms with Gasteiger partial charge in [0.05, 0.1) is 34.9 Å². The number of nitrogen functional groups attached to an aromatic ring is 1. The van der Waals surface area contributed by atoms with E-state index >= 15 is 0 Å². The highest BCUT2D eigenvalue weighted by molar-refractivity contribution is 7.92. The van der Waals surface area contributed by atoms with Crippen molar-refractivity contribution in [2.24, 2.45) is 7.05 Å². The van der Waals surface area contributed by atoms with Crippen LogP contribution in [0.25, 0.3) is 22.2 Å². The van der Waals surface area contributed by atoms with Crippen LogP contribution in [0, 0.1) is 0 Å². The fourth-order valence-electron chi connectivity index (χ4n) is 3.23. The molecule has 0 bridgehead atoms. The normalized spacial score (nSPS) is 11.7. The average molecular weight is 388 g/mol. The smallest absolute Gasteiger partial charge is 0.234 e. The molecule has 0 aliphatic heterocycles. The third-order valence-electron chi connectivity index (χ3n) is 4.81. The van der Waals surface area contributed by atoms with Gasteiger partial charge in [-0.3, -0.25) is 4.31 Å². The first-order valence-corrected chi connectivity index (χ1v) is 10.5. The molecule has 0 fully saturated rings. The van der Waals surface area contributed by atoms with Gasteiger partial charge in [-0.25, -0.2) is 8.42 Å². The summed E-state index contributed by atoms with van der Waals surface area (Å²) in [7, 11) is 0.241. The number of rotatable bonds is 6. The average Bonchev–Trinajstić information content (AvgIpc) is 2.92. The Morgan fingerprint density at radius 2 is 1.78 bits per heavy atom. The fourth-order valence-corrected chi connectivity index (χ4v) is 4.06. The number of nitrogens with two attached hydrogens (primary N) is 1. The van der Waals surface area contributed by atoms with Gasteiger partial charge in [-0.1, -0.05) is 12.1 Å². The van der Waals surface area contributed by atoms with Crippen molar-refractivity contribution in [2.75, 3.05) is 29.4 Å². The molecule has 3 rings (SSSR count). The first-order valence-electron chi connectivity index (χ1n) is 8.87. The number of benzene rings is 2. The second-order valence-corrected chi connectivity index (χ2v) is 8.64. The van der Waals surface area contributed by atoms with E-state index in [1.165, 1.54) is 4.31 Å². The number of anilines is 2. The Morgan fingerprint density at radius 1 is 1.11 bits per heavy atom. The molecule has 27 heavy (non-hydrogen) atoms. The number of aryl methyl sites for hydroxylation is 1. The van der Waals surface area contributed by atoms with Gasteiger partial charge in [0.25, 0.3) is 0 Å². The first kappa shape index (κ1) is 19.1. The van der Waals surface area contributed by atoms with Crippen LogP contribution in [0.3, 0.4) is 0 Å². The lowest BCUT2D eigenvalue weighted by molar-refractivity contribution is 0.340. The minimum absolute atomic E-state index is 0.0591. The molecule has 0 spiro atoms. The summed E-state index contributed by atoms with van der Waals surface area (Å²) in [5, 5.41) is 0.964. The third kappa shape index (κ3) is 3.35. The van der Waals surface area contributed by atoms with Gasteiger partial charge in [0.1, 0.15) is 5.75 Å². The van der Waals surface area contributed by atoms with Crippen LogP contribution >= 0.6 is 0 Å². The highest BCUT2D eigenvalue weighted by atomic mass is 32.2. The van der Waals surface area contributed by atoms with Crippen molar-refractivity contribution in [3.8, 4) is 17.0 Å². The minimum atomic E-state index is -3.29. The summed E-state index contributed by atoms with van der Waals surface area (Å²) in [4.78, 5) is 0. The Labute approximate surface area is 160 Å². The largest absolute Gasteiger partial charge is 0.494 e. The van der Waals surface area contributed by atoms with E-state index in [2.05, 4.69) is 0 Å². The lowest BCUT2D eigenvalue weighted by Crippen LogP contribution is -2.27. The zero-order valence-corrected chi connectivity index (χ0v) is 16.9. The van der Waals surface area contributed by atoms with E-state index < -0.39 is 10.0 Å². The first-order chi connectivity index (χ1) is 12.8. The Bertz CT molecular complexity index is 1070. The lowest BCUT2D eigenvalue weighted by Gasteiger charge is -2.18. The summed E-state index contributed by atoms with van der Waals surface area (Å²) in [5.74, 6) is 0.864. The zero-order valence-electron chi connectivity index (χ0n) is 16.1. The van der Waals surface area contributed by atoms with Gasteiger partial charge in [0, 0.05) is 31.1 Å². The molecule has 1 aromatic heterocycles. The van der Waals surface area contributed by atoms with Crippen LogP contribution in [0.15, 0.2) is 42.5 Å². The number of nitrogens with zero attached hydrogens (tertiary/aromatic N) is 2. The van der Waals surface area contributed by atoms with Gasteiger partial charge in [0.2, 0.25) is 10.0 Å². The highest BCUT2D eigenvalue weighted by Gasteiger charge is 2.18. The van der Waals surface area contributed by atoms with Gasteiger partial charge in [-0.2, -0.15) is 0 Å². The molecule has 2 aromatic carbocycles. The number of aromatic nitrogens is 1. The summed E-state index contributed by atoms with van der Waals surface area (Å²) < 4.78 is 33.0. The fraction of sp³-hybridized carbons (Fsp3) is 0.300. The maximum atomic E-state index is 12.1. The molecule has 3 aromatic rings. The molecule has 144 valence electrons. The van der Waals surface area contributed by atoms with Crippen LogP contribution in [0.1, 0.15) is 13.8 Å². The summed E-state index contributed by atoms with van der Waals surface area (Å²) in [6, 6.07) is 13.2. The van der Waals surface area contributed by atoms with E-state index in [0.29, 0.717) is 18.0 Å². The molecule has 0 amide bonds. The maximum absolute atomic E-state index is 12.1. The van der Waals surface area contributed by atoms with Crippen molar-refractivity contribution in [3.63, 3.8) is 0 Å². The Morgan fingerprint density at radius 3 is 2.37 bits per heavy atom. The minimum Gasteiger partial charge on any atom is -0.494 e. The van der Waals surface area contributed by atoms with Crippen molar-refractivity contribution in [2.45, 2.75) is 13.8 Å². The van der Waals surface area contributed by atoms with E-state index in [4.69, 9.17) is 10.5 Å². The summed E-state index contributed by atoms with van der Waals surface area (Å²) >= 11 is 0. The second-order valence-electron chi connectivity index (χ2n) is 6.35. The third-order valence-corrected chi connectivity index (χ3v) is 6.58. The maximum Gasteiger partial charge on any atom is 0.234 e. The molecule has 2 N–H and O–H groups in total. The van der Waals surface area contributed by atoms with E-state index in [9.17, 15) is 8.42 Å². The summed E-state index contributed by atoms with van der Waals surface area (Å²) in [6.45, 7) is 4.19. The molecule has 1 heterocycles. The number of sulfonamides is 1. The van der Waals surface area contributed by atoms with Crippen LogP contribution in [0.4, 0.5) is 11.4 Å². The quantitative estimate of drug-likeness (QED) is 0.701. The van der Waals surface area contributed by atoms with Gasteiger partial charge in [-0.15, -0.1) is 0 Å². The van der Waals surface area contributed by atoms with Gasteiger partial charge < -0.3 is 15.0 Å². The second kappa shape index (κ2) is 7.15. The molecule has 0 aliphatic rings. The lowest BCUT2D eigenvalue weighted by atomic mass is 10.1. The van der Waals surface area contributed by atoms with Crippen molar-refractivity contribution in [3.05, 3.63) is 42.5 Å². The predicted molar refractivity (Wildman–Crippen MR) is 112 cm³/mol. The van der Waals surface area contributed by atoms with E-state index in [1.54, 1.807) is 26.1 Å². The van der Waals surface area contributed by atoms with E-state index in [-0.39, 0.29) is 5.75 Å². The van der Waals surface area contributed by atoms with Crippen LogP contribution in [-0.4, -0.2) is 32.4 Å². The van der Waals surface area contributed by atoms with Crippen LogP contribution < -0.4 is 14.8 Å². The topological polar surface area (TPSA) is 77.6 Å². The highest BCUT2D eigenvalue weighted by Crippen LogP contribution is 2.37. The molecule has 0 saturated carbocycles.